The summed E-state index contributed by atoms with van der Waals surface area (Å²) in [5.41, 5.74) is 3.84. The number of carbonyl (C=O) groups is 2. The van der Waals surface area contributed by atoms with Crippen molar-refractivity contribution in [1.29, 1.82) is 0 Å². The second-order valence-electron chi connectivity index (χ2n) is 8.30. The number of aromatic nitrogens is 3. The Balaban J connectivity index is 1.58. The molecule has 0 aliphatic carbocycles. The van der Waals surface area contributed by atoms with Crippen molar-refractivity contribution < 1.29 is 19.4 Å². The first kappa shape index (κ1) is 25.8. The predicted molar refractivity (Wildman–Crippen MR) is 138 cm³/mol. The molecule has 1 aliphatic heterocycles. The third-order valence-electron chi connectivity index (χ3n) is 5.83. The summed E-state index contributed by atoms with van der Waals surface area (Å²) in [6, 6.07) is 6.99. The van der Waals surface area contributed by atoms with E-state index in [2.05, 4.69) is 34.7 Å². The Morgan fingerprint density at radius 3 is 2.50 bits per heavy atom. The molecule has 1 aliphatic rings. The van der Waals surface area contributed by atoms with Gasteiger partial charge in [0.15, 0.2) is 5.82 Å². The van der Waals surface area contributed by atoms with Gasteiger partial charge < -0.3 is 20.5 Å². The van der Waals surface area contributed by atoms with Crippen molar-refractivity contribution in [2.45, 2.75) is 33.2 Å². The number of hydrogen-bond donors (Lipinski definition) is 3. The average Bonchev–Trinajstić information content (AvgIpc) is 3.31. The molecule has 0 saturated carbocycles. The molecule has 2 aromatic heterocycles. The first-order chi connectivity index (χ1) is 17.3. The Morgan fingerprint density at radius 1 is 1.11 bits per heavy atom. The third-order valence-corrected chi connectivity index (χ3v) is 7.27. The Bertz CT molecular complexity index is 1300. The second-order valence-corrected chi connectivity index (χ2v) is 9.94. The van der Waals surface area contributed by atoms with Crippen LogP contribution in [0.1, 0.15) is 45.7 Å². The summed E-state index contributed by atoms with van der Waals surface area (Å²) in [6.45, 7) is 7.03. The van der Waals surface area contributed by atoms with Crippen molar-refractivity contribution in [1.82, 2.24) is 25.4 Å². The molecule has 0 spiro atoms. The van der Waals surface area contributed by atoms with E-state index in [1.807, 2.05) is 35.8 Å². The van der Waals surface area contributed by atoms with Crippen molar-refractivity contribution >= 4 is 40.6 Å². The lowest BCUT2D eigenvalue weighted by Gasteiger charge is -2.13. The normalized spacial score (nSPS) is 14.4. The minimum Gasteiger partial charge on any atom is -0.465 e. The minimum absolute atomic E-state index is 0.0861. The Hall–Kier alpha value is -3.28. The maximum Gasteiger partial charge on any atom is 0.404 e. The largest absolute Gasteiger partial charge is 0.465 e. The van der Waals surface area contributed by atoms with Gasteiger partial charge >= 0.3 is 6.09 Å². The van der Waals surface area contributed by atoms with Gasteiger partial charge in [-0.3, -0.25) is 14.4 Å². The van der Waals surface area contributed by atoms with Crippen molar-refractivity contribution in [2.75, 3.05) is 26.3 Å². The van der Waals surface area contributed by atoms with Crippen LogP contribution in [-0.4, -0.2) is 63.9 Å². The third kappa shape index (κ3) is 5.58. The number of fused-ring (bicyclic) bond motifs is 3. The number of ether oxygens (including phenoxy) is 1. The van der Waals surface area contributed by atoms with Crippen molar-refractivity contribution in [3.05, 3.63) is 62.5 Å². The molecule has 0 radical (unpaired) electrons. The van der Waals surface area contributed by atoms with E-state index in [1.165, 1.54) is 4.88 Å². The molecule has 10 nitrogen and oxygen atoms in total. The number of halogens is 1. The predicted octanol–water partition coefficient (Wildman–Crippen LogP) is 3.59. The fourth-order valence-corrected chi connectivity index (χ4v) is 5.32. The highest BCUT2D eigenvalue weighted by Crippen LogP contribution is 2.39. The Labute approximate surface area is 217 Å². The fraction of sp³-hybridized carbons (Fsp3) is 0.375. The number of rotatable bonds is 9. The van der Waals surface area contributed by atoms with Crippen LogP contribution in [0.25, 0.3) is 5.00 Å². The lowest BCUT2D eigenvalue weighted by atomic mass is 9.99. The highest BCUT2D eigenvalue weighted by Gasteiger charge is 2.32. The molecule has 3 aromatic rings. The van der Waals surface area contributed by atoms with E-state index in [9.17, 15) is 9.59 Å². The molecule has 0 saturated heterocycles. The van der Waals surface area contributed by atoms with Gasteiger partial charge in [0.2, 0.25) is 5.91 Å². The highest BCUT2D eigenvalue weighted by atomic mass is 35.5. The van der Waals surface area contributed by atoms with E-state index in [1.54, 1.807) is 11.3 Å². The summed E-state index contributed by atoms with van der Waals surface area (Å²) in [5, 5.41) is 23.9. The zero-order valence-electron chi connectivity index (χ0n) is 20.2. The van der Waals surface area contributed by atoms with Crippen LogP contribution in [0.15, 0.2) is 29.3 Å². The van der Waals surface area contributed by atoms with E-state index in [0.717, 1.165) is 33.2 Å². The van der Waals surface area contributed by atoms with Crippen molar-refractivity contribution in [3.8, 4) is 5.00 Å². The number of thiophene rings is 1. The number of nitrogens with zero attached hydrogens (tertiary/aromatic N) is 4. The number of hydrogen-bond acceptors (Lipinski definition) is 7. The molecule has 1 atom stereocenters. The number of benzene rings is 1. The average molecular weight is 531 g/mol. The maximum atomic E-state index is 12.8. The van der Waals surface area contributed by atoms with Gasteiger partial charge in [0.25, 0.3) is 0 Å². The minimum atomic E-state index is -1.10. The zero-order valence-corrected chi connectivity index (χ0v) is 21.7. The van der Waals surface area contributed by atoms with Crippen LogP contribution in [0.5, 0.6) is 0 Å². The van der Waals surface area contributed by atoms with Crippen LogP contribution >= 0.6 is 22.9 Å². The van der Waals surface area contributed by atoms with E-state index >= 15 is 0 Å². The molecule has 12 heteroatoms. The molecule has 190 valence electrons. The van der Waals surface area contributed by atoms with Gasteiger partial charge in [-0.05, 0) is 38.5 Å². The molecule has 36 heavy (non-hydrogen) atoms. The van der Waals surface area contributed by atoms with Crippen molar-refractivity contribution in [2.24, 2.45) is 4.99 Å². The topological polar surface area (TPSA) is 131 Å². The monoisotopic (exact) mass is 530 g/mol. The van der Waals surface area contributed by atoms with E-state index in [0.29, 0.717) is 17.4 Å². The zero-order chi connectivity index (χ0) is 25.8. The molecule has 0 bridgehead atoms. The highest BCUT2D eigenvalue weighted by molar-refractivity contribution is 7.15. The van der Waals surface area contributed by atoms with E-state index < -0.39 is 12.1 Å². The summed E-state index contributed by atoms with van der Waals surface area (Å²) in [5.74, 6) is 1.15. The van der Waals surface area contributed by atoms with Gasteiger partial charge in [0.1, 0.15) is 16.9 Å². The number of amides is 2. The summed E-state index contributed by atoms with van der Waals surface area (Å²) < 4.78 is 7.34. The molecule has 1 aromatic carbocycles. The first-order valence-corrected chi connectivity index (χ1v) is 12.6. The van der Waals surface area contributed by atoms with Gasteiger partial charge in [-0.15, -0.1) is 21.5 Å². The van der Waals surface area contributed by atoms with Crippen LogP contribution in [0.3, 0.4) is 0 Å². The molecule has 0 fully saturated rings. The fourth-order valence-electron chi connectivity index (χ4n) is 3.98. The number of nitrogens with one attached hydrogen (secondary N) is 2. The number of carboxylic acid groups (broad SMARTS) is 1. The summed E-state index contributed by atoms with van der Waals surface area (Å²) >= 11 is 7.80. The van der Waals surface area contributed by atoms with Crippen molar-refractivity contribution in [3.63, 3.8) is 0 Å². The molecule has 3 heterocycles. The quantitative estimate of drug-likeness (QED) is 0.362. The molecule has 2 amide bonds. The first-order valence-electron chi connectivity index (χ1n) is 11.4. The lowest BCUT2D eigenvalue weighted by Crippen LogP contribution is -2.30. The molecule has 3 N–H and O–H groups in total. The second kappa shape index (κ2) is 11.2. The molecular formula is C24H27ClN6O4S. The molecule has 4 rings (SSSR count). The molecular weight excluding hydrogens is 504 g/mol. The van der Waals surface area contributed by atoms with Crippen LogP contribution < -0.4 is 10.6 Å². The van der Waals surface area contributed by atoms with Crippen LogP contribution in [0, 0.1) is 20.8 Å². The number of aliphatic imine (C=N–C) groups is 1. The van der Waals surface area contributed by atoms with Crippen LogP contribution in [0.4, 0.5) is 4.79 Å². The van der Waals surface area contributed by atoms with E-state index in [4.69, 9.17) is 26.4 Å². The number of carbonyl (C=O) groups excluding carboxylic acids is 1. The Morgan fingerprint density at radius 2 is 1.81 bits per heavy atom. The summed E-state index contributed by atoms with van der Waals surface area (Å²) in [4.78, 5) is 29.5. The van der Waals surface area contributed by atoms with E-state index in [-0.39, 0.29) is 32.1 Å². The standard InChI is InChI=1S/C24H27ClN6O4S/c1-13-14(2)36-23-20(13)21(16-4-6-17(25)7-5-16)28-18(22-30-29-15(3)31(22)23)12-19(32)26-8-10-35-11-9-27-24(33)34/h4-7,18,27H,8-12H2,1-3H3,(H,26,32)(H,33,34). The van der Waals surface area contributed by atoms with Gasteiger partial charge in [-0.2, -0.15) is 0 Å². The van der Waals surface area contributed by atoms with Gasteiger partial charge in [0.05, 0.1) is 25.3 Å². The van der Waals surface area contributed by atoms with Crippen LogP contribution in [0.2, 0.25) is 5.02 Å². The Kier molecular flexibility index (Phi) is 8.02. The lowest BCUT2D eigenvalue weighted by molar-refractivity contribution is -0.121. The van der Waals surface area contributed by atoms with Gasteiger partial charge in [-0.1, -0.05) is 23.7 Å². The molecule has 1 unspecified atom stereocenters. The summed E-state index contributed by atoms with van der Waals surface area (Å²) in [7, 11) is 0. The number of aryl methyl sites for hydroxylation is 2. The summed E-state index contributed by atoms with van der Waals surface area (Å²) in [6.07, 6.45) is -1.01. The van der Waals surface area contributed by atoms with Gasteiger partial charge in [0, 0.05) is 34.1 Å². The van der Waals surface area contributed by atoms with Crippen LogP contribution in [-0.2, 0) is 9.53 Å². The SMILES string of the molecule is Cc1sc2c(c1C)C(c1ccc(Cl)cc1)=NC(CC(=O)NCCOCCNC(=O)O)c1nnc(C)n1-2. The maximum absolute atomic E-state index is 12.8. The smallest absolute Gasteiger partial charge is 0.404 e. The van der Waals surface area contributed by atoms with Gasteiger partial charge in [-0.25, -0.2) is 4.79 Å².